The average Bonchev–Trinajstić information content (AvgIpc) is 2.02. The van der Waals surface area contributed by atoms with Crippen LogP contribution in [-0.2, 0) is 17.3 Å². The molecule has 0 bridgehead atoms. The molecule has 0 aliphatic rings. The summed E-state index contributed by atoms with van der Waals surface area (Å²) < 4.78 is 0. The molecule has 0 atom stereocenters. The molecular formula is C8H11ClN2Ru. The molecule has 12 heavy (non-hydrogen) atoms. The van der Waals surface area contributed by atoms with E-state index < -0.39 is 0 Å². The van der Waals surface area contributed by atoms with Gasteiger partial charge < -0.3 is 18.9 Å². The van der Waals surface area contributed by atoms with E-state index in [2.05, 4.69) is 9.69 Å². The third-order valence-corrected chi connectivity index (χ3v) is 1.18. The molecule has 2 N–H and O–H groups in total. The zero-order chi connectivity index (χ0) is 8.85. The predicted octanol–water partition coefficient (Wildman–Crippen LogP) is 4.50. The summed E-state index contributed by atoms with van der Waals surface area (Å²) in [6.45, 7) is 1.91. The van der Waals surface area contributed by atoms with Crippen molar-refractivity contribution in [2.24, 2.45) is 0 Å². The fraction of sp³-hybridized carbons (Fsp3) is 0.125. The molecule has 0 fully saturated rings. The minimum absolute atomic E-state index is 0. The van der Waals surface area contributed by atoms with E-state index >= 15 is 0 Å². The standard InChI is InChI=1S/C7H8N2.CH3.ClH.Ru/c1-5-2-3-6(8)7(9)4-5;;;/h2-4,8-9H,1H3;1H3;1H;/q-2;-1;;+4/p-1. The van der Waals surface area contributed by atoms with Crippen LogP contribution in [-0.4, -0.2) is 0 Å². The van der Waals surface area contributed by atoms with Gasteiger partial charge in [0.15, 0.2) is 0 Å². The van der Waals surface area contributed by atoms with Gasteiger partial charge in [-0.15, -0.1) is 0 Å². The number of aryl methyl sites for hydroxylation is 1. The summed E-state index contributed by atoms with van der Waals surface area (Å²) in [4.78, 5) is 0. The van der Waals surface area contributed by atoms with E-state index in [1.807, 2.05) is 30.3 Å². The molecule has 2 nitrogen and oxygen atoms in total. The number of hydrogen-bond acceptors (Lipinski definition) is 0. The van der Waals surface area contributed by atoms with Crippen molar-refractivity contribution in [3.63, 3.8) is 0 Å². The molecule has 1 rings (SSSR count). The second-order valence-corrected chi connectivity index (χ2v) is 2.05. The van der Waals surface area contributed by atoms with Crippen LogP contribution in [0.15, 0.2) is 18.2 Å². The summed E-state index contributed by atoms with van der Waals surface area (Å²) in [5, 5.41) is 0. The number of halogens is 1. The Bertz CT molecular complexity index is 228. The van der Waals surface area contributed by atoms with Crippen molar-refractivity contribution in [1.82, 2.24) is 0 Å². The van der Waals surface area contributed by atoms with E-state index in [4.69, 9.17) is 11.5 Å². The molecule has 0 amide bonds. The molecule has 4 heteroatoms. The van der Waals surface area contributed by atoms with Gasteiger partial charge in [-0.05, 0) is 6.92 Å². The summed E-state index contributed by atoms with van der Waals surface area (Å²) in [7, 11) is 4.57. The predicted molar refractivity (Wildman–Crippen MR) is 51.4 cm³/mol. The van der Waals surface area contributed by atoms with Gasteiger partial charge in [0.05, 0.1) is 0 Å². The second-order valence-electron chi connectivity index (χ2n) is 2.05. The summed E-state index contributed by atoms with van der Waals surface area (Å²) >= 11 is 1.82. The number of nitrogens with one attached hydrogen (secondary N) is 2. The zero-order valence-corrected chi connectivity index (χ0v) is 9.46. The van der Waals surface area contributed by atoms with Crippen LogP contribution in [0, 0.1) is 14.4 Å². The van der Waals surface area contributed by atoms with Crippen LogP contribution in [0.25, 0.3) is 11.5 Å². The van der Waals surface area contributed by atoms with Gasteiger partial charge in [0.25, 0.3) is 0 Å². The average molecular weight is 272 g/mol. The summed E-state index contributed by atoms with van der Waals surface area (Å²) in [6, 6.07) is 5.15. The van der Waals surface area contributed by atoms with Crippen LogP contribution in [0.1, 0.15) is 5.56 Å². The Labute approximate surface area is 88.0 Å². The van der Waals surface area contributed by atoms with Gasteiger partial charge in [-0.1, -0.05) is 23.8 Å². The monoisotopic (exact) mass is 272 g/mol. The Balaban J connectivity index is 0. The van der Waals surface area contributed by atoms with Crippen molar-refractivity contribution in [3.8, 4) is 0 Å². The Morgan fingerprint density at radius 1 is 1.17 bits per heavy atom. The Morgan fingerprint density at radius 3 is 2.00 bits per heavy atom. The molecule has 0 aliphatic heterocycles. The molecule has 0 saturated carbocycles. The molecule has 0 saturated heterocycles. The van der Waals surface area contributed by atoms with Gasteiger partial charge in [-0.3, -0.25) is 0 Å². The topological polar surface area (TPSA) is 47.6 Å². The van der Waals surface area contributed by atoms with Crippen LogP contribution in [0.2, 0.25) is 0 Å². The van der Waals surface area contributed by atoms with E-state index in [1.165, 1.54) is 0 Å². The fourth-order valence-corrected chi connectivity index (χ4v) is 0.658. The normalized spacial score (nSPS) is 7.50. The Morgan fingerprint density at radius 2 is 1.67 bits per heavy atom. The molecule has 0 aliphatic carbocycles. The first kappa shape index (κ1) is 14.3. The van der Waals surface area contributed by atoms with E-state index in [1.54, 1.807) is 12.1 Å². The van der Waals surface area contributed by atoms with Crippen molar-refractivity contribution in [2.75, 3.05) is 0 Å². The molecule has 68 valence electrons. The van der Waals surface area contributed by atoms with Crippen LogP contribution in [0.3, 0.4) is 0 Å². The third-order valence-electron chi connectivity index (χ3n) is 1.18. The number of benzene rings is 1. The van der Waals surface area contributed by atoms with E-state index in [0.717, 1.165) is 5.56 Å². The molecule has 0 spiro atoms. The van der Waals surface area contributed by atoms with Crippen molar-refractivity contribution >= 4 is 21.1 Å². The SMILES string of the molecule is Cc1ccc([NH-])c([NH-])c1.[CH3-].[Cl][Ru+3]. The second kappa shape index (κ2) is 7.39. The maximum atomic E-state index is 7.17. The Hall–Kier alpha value is -0.267. The van der Waals surface area contributed by atoms with Crippen molar-refractivity contribution in [2.45, 2.75) is 6.92 Å². The number of rotatable bonds is 0. The van der Waals surface area contributed by atoms with Crippen LogP contribution in [0.4, 0.5) is 11.4 Å². The van der Waals surface area contributed by atoms with Crippen molar-refractivity contribution in [1.29, 1.82) is 0 Å². The summed E-state index contributed by atoms with van der Waals surface area (Å²) in [6.07, 6.45) is 0. The zero-order valence-electron chi connectivity index (χ0n) is 6.96. The first-order valence-corrected chi connectivity index (χ1v) is 5.11. The number of hydrogen-bond donors (Lipinski definition) is 0. The molecule has 1 aromatic rings. The van der Waals surface area contributed by atoms with Gasteiger partial charge >= 0.3 is 27.0 Å². The van der Waals surface area contributed by atoms with Gasteiger partial charge in [-0.2, -0.15) is 11.4 Å². The summed E-state index contributed by atoms with van der Waals surface area (Å²) in [5.41, 5.74) is 15.9. The molecule has 1 aromatic carbocycles. The fourth-order valence-electron chi connectivity index (χ4n) is 0.658. The first-order valence-electron chi connectivity index (χ1n) is 2.87. The molecule has 0 heterocycles. The Kier molecular flexibility index (Phi) is 8.78. The van der Waals surface area contributed by atoms with Gasteiger partial charge in [0, 0.05) is 0 Å². The van der Waals surface area contributed by atoms with E-state index in [0.29, 0.717) is 11.4 Å². The van der Waals surface area contributed by atoms with Crippen molar-refractivity contribution in [3.05, 3.63) is 42.7 Å². The molecule has 0 radical (unpaired) electrons. The maximum absolute atomic E-state index is 7.17. The van der Waals surface area contributed by atoms with Gasteiger partial charge in [-0.25, -0.2) is 0 Å². The van der Waals surface area contributed by atoms with Crippen LogP contribution >= 0.6 is 9.69 Å². The van der Waals surface area contributed by atoms with Crippen molar-refractivity contribution < 1.29 is 17.3 Å². The third kappa shape index (κ3) is 4.58. The van der Waals surface area contributed by atoms with Gasteiger partial charge in [0.2, 0.25) is 0 Å². The molecular weight excluding hydrogens is 261 g/mol. The van der Waals surface area contributed by atoms with Gasteiger partial charge in [0.1, 0.15) is 0 Å². The van der Waals surface area contributed by atoms with E-state index in [9.17, 15) is 0 Å². The van der Waals surface area contributed by atoms with E-state index in [-0.39, 0.29) is 7.43 Å². The minimum atomic E-state index is 0. The molecule has 0 aromatic heterocycles. The quantitative estimate of drug-likeness (QED) is 0.493. The van der Waals surface area contributed by atoms with Crippen LogP contribution in [0.5, 0.6) is 0 Å². The summed E-state index contributed by atoms with van der Waals surface area (Å²) in [5.74, 6) is 0. The molecule has 0 unspecified atom stereocenters. The van der Waals surface area contributed by atoms with Crippen LogP contribution < -0.4 is 0 Å². The first-order chi connectivity index (χ1) is 5.20.